The van der Waals surface area contributed by atoms with E-state index in [2.05, 4.69) is 6.92 Å². The lowest BCUT2D eigenvalue weighted by atomic mass is 9.93. The van der Waals surface area contributed by atoms with E-state index in [9.17, 15) is 9.59 Å². The van der Waals surface area contributed by atoms with E-state index in [-0.39, 0.29) is 47.8 Å². The molecule has 18 heavy (non-hydrogen) atoms. The number of ether oxygens (including phenoxy) is 2. The lowest BCUT2D eigenvalue weighted by Gasteiger charge is -2.23. The summed E-state index contributed by atoms with van der Waals surface area (Å²) < 4.78 is 10.9. The second-order valence-corrected chi connectivity index (χ2v) is 5.78. The van der Waals surface area contributed by atoms with Gasteiger partial charge in [0.25, 0.3) is 0 Å². The van der Waals surface area contributed by atoms with E-state index in [0.717, 1.165) is 12.8 Å². The van der Waals surface area contributed by atoms with Crippen molar-refractivity contribution in [3.8, 4) is 0 Å². The number of hydrogen-bond donors (Lipinski definition) is 0. The second-order valence-electron chi connectivity index (χ2n) is 5.78. The van der Waals surface area contributed by atoms with Gasteiger partial charge in [0.2, 0.25) is 0 Å². The molecule has 6 atom stereocenters. The van der Waals surface area contributed by atoms with Crippen LogP contribution in [0.15, 0.2) is 0 Å². The molecule has 4 nitrogen and oxygen atoms in total. The molecule has 0 radical (unpaired) electrons. The Morgan fingerprint density at radius 1 is 1.50 bits per heavy atom. The molecule has 102 valence electrons. The Morgan fingerprint density at radius 3 is 2.78 bits per heavy atom. The number of hydrogen-bond acceptors (Lipinski definition) is 4. The number of carbonyl (C=O) groups is 2. The highest BCUT2D eigenvalue weighted by molar-refractivity contribution is 5.76. The van der Waals surface area contributed by atoms with Crippen LogP contribution < -0.4 is 0 Å². The summed E-state index contributed by atoms with van der Waals surface area (Å²) in [5.74, 6) is -0.00610. The summed E-state index contributed by atoms with van der Waals surface area (Å²) in [5.41, 5.74) is 0. The highest BCUT2D eigenvalue weighted by atomic mass is 16.6. The van der Waals surface area contributed by atoms with Gasteiger partial charge >= 0.3 is 11.9 Å². The van der Waals surface area contributed by atoms with E-state index in [1.165, 1.54) is 0 Å². The molecule has 0 N–H and O–H groups in total. The molecule has 0 aromatic carbocycles. The third-order valence-electron chi connectivity index (χ3n) is 4.48. The van der Waals surface area contributed by atoms with Crippen LogP contribution in [0.3, 0.4) is 0 Å². The predicted molar refractivity (Wildman–Crippen MR) is 65.7 cm³/mol. The van der Waals surface area contributed by atoms with Crippen LogP contribution in [0.2, 0.25) is 0 Å². The Balaban J connectivity index is 2.05. The van der Waals surface area contributed by atoms with E-state index in [0.29, 0.717) is 0 Å². The standard InChI is InChI=1S/C14H22O4/c1-5-7(2)13(15)17-11-8(3)6-10-9(4)14(16)18-12(10)11/h7-12H,5-6H2,1-4H3. The normalized spacial score (nSPS) is 40.2. The van der Waals surface area contributed by atoms with Crippen LogP contribution in [-0.2, 0) is 19.1 Å². The predicted octanol–water partition coefficient (Wildman–Crippen LogP) is 2.16. The second kappa shape index (κ2) is 4.90. The van der Waals surface area contributed by atoms with E-state index in [1.54, 1.807) is 0 Å². The summed E-state index contributed by atoms with van der Waals surface area (Å²) in [6.07, 6.45) is 1.18. The van der Waals surface area contributed by atoms with Crippen LogP contribution >= 0.6 is 0 Å². The van der Waals surface area contributed by atoms with Crippen molar-refractivity contribution >= 4 is 11.9 Å². The van der Waals surface area contributed by atoms with E-state index < -0.39 is 0 Å². The molecule has 0 aromatic heterocycles. The first-order valence-corrected chi connectivity index (χ1v) is 6.86. The van der Waals surface area contributed by atoms with Gasteiger partial charge in [-0.15, -0.1) is 0 Å². The fourth-order valence-electron chi connectivity index (χ4n) is 2.92. The minimum Gasteiger partial charge on any atom is -0.458 e. The zero-order chi connectivity index (χ0) is 13.4. The van der Waals surface area contributed by atoms with Gasteiger partial charge in [0.15, 0.2) is 0 Å². The molecule has 0 spiro atoms. The minimum atomic E-state index is -0.259. The molecule has 2 fully saturated rings. The Labute approximate surface area is 108 Å². The average Bonchev–Trinajstić information content (AvgIpc) is 2.78. The van der Waals surface area contributed by atoms with Crippen molar-refractivity contribution in [2.24, 2.45) is 23.7 Å². The number of rotatable bonds is 3. The minimum absolute atomic E-state index is 0.0650. The molecule has 4 heteroatoms. The molecule has 1 saturated heterocycles. The molecule has 1 aliphatic heterocycles. The molecule has 0 bridgehead atoms. The van der Waals surface area contributed by atoms with Gasteiger partial charge in [0, 0.05) is 5.92 Å². The molecule has 2 aliphatic rings. The SMILES string of the molecule is CCC(C)C(=O)OC1C(C)CC2C(C)C(=O)OC21. The number of carbonyl (C=O) groups excluding carboxylic acids is 2. The average molecular weight is 254 g/mol. The zero-order valence-electron chi connectivity index (χ0n) is 11.5. The molecule has 2 rings (SSSR count). The van der Waals surface area contributed by atoms with Gasteiger partial charge in [0.05, 0.1) is 11.8 Å². The van der Waals surface area contributed by atoms with Crippen LogP contribution in [0.1, 0.15) is 40.5 Å². The van der Waals surface area contributed by atoms with Gasteiger partial charge in [-0.1, -0.05) is 27.7 Å². The molecule has 1 saturated carbocycles. The molecular formula is C14H22O4. The number of fused-ring (bicyclic) bond motifs is 1. The summed E-state index contributed by atoms with van der Waals surface area (Å²) >= 11 is 0. The van der Waals surface area contributed by atoms with Gasteiger partial charge in [0.1, 0.15) is 12.2 Å². The fraction of sp³-hybridized carbons (Fsp3) is 0.857. The van der Waals surface area contributed by atoms with Crippen LogP contribution in [0.4, 0.5) is 0 Å². The van der Waals surface area contributed by atoms with Crippen molar-refractivity contribution in [3.05, 3.63) is 0 Å². The maximum absolute atomic E-state index is 11.9. The first-order valence-electron chi connectivity index (χ1n) is 6.86. The van der Waals surface area contributed by atoms with Gasteiger partial charge in [-0.2, -0.15) is 0 Å². The molecule has 1 aliphatic carbocycles. The smallest absolute Gasteiger partial charge is 0.309 e. The Kier molecular flexibility index (Phi) is 3.64. The third kappa shape index (κ3) is 2.13. The van der Waals surface area contributed by atoms with Crippen LogP contribution in [0.5, 0.6) is 0 Å². The molecular weight excluding hydrogens is 232 g/mol. The zero-order valence-corrected chi connectivity index (χ0v) is 11.5. The van der Waals surface area contributed by atoms with E-state index in [1.807, 2.05) is 20.8 Å². The van der Waals surface area contributed by atoms with E-state index in [4.69, 9.17) is 9.47 Å². The van der Waals surface area contributed by atoms with Gasteiger partial charge in [-0.25, -0.2) is 0 Å². The quantitative estimate of drug-likeness (QED) is 0.724. The van der Waals surface area contributed by atoms with Crippen molar-refractivity contribution in [2.75, 3.05) is 0 Å². The lowest BCUT2D eigenvalue weighted by molar-refractivity contribution is -0.166. The van der Waals surface area contributed by atoms with E-state index >= 15 is 0 Å². The highest BCUT2D eigenvalue weighted by Gasteiger charge is 2.54. The monoisotopic (exact) mass is 254 g/mol. The van der Waals surface area contributed by atoms with Crippen molar-refractivity contribution in [1.29, 1.82) is 0 Å². The van der Waals surface area contributed by atoms with Crippen LogP contribution in [-0.4, -0.2) is 24.1 Å². The number of esters is 2. The molecule has 1 heterocycles. The van der Waals surface area contributed by atoms with Gasteiger partial charge in [-0.05, 0) is 18.8 Å². The van der Waals surface area contributed by atoms with Crippen molar-refractivity contribution in [3.63, 3.8) is 0 Å². The summed E-state index contributed by atoms with van der Waals surface area (Å²) in [6, 6.07) is 0. The maximum Gasteiger partial charge on any atom is 0.309 e. The van der Waals surface area contributed by atoms with Crippen molar-refractivity contribution in [1.82, 2.24) is 0 Å². The lowest BCUT2D eigenvalue weighted by Crippen LogP contribution is -2.34. The Hall–Kier alpha value is -1.06. The fourth-order valence-corrected chi connectivity index (χ4v) is 2.92. The summed E-state index contributed by atoms with van der Waals surface area (Å²) in [5, 5.41) is 0. The largest absolute Gasteiger partial charge is 0.458 e. The highest BCUT2D eigenvalue weighted by Crippen LogP contribution is 2.44. The molecule has 6 unspecified atom stereocenters. The van der Waals surface area contributed by atoms with Gasteiger partial charge in [-0.3, -0.25) is 9.59 Å². The first-order chi connectivity index (χ1) is 8.45. The molecule has 0 amide bonds. The first kappa shape index (κ1) is 13.4. The van der Waals surface area contributed by atoms with Crippen LogP contribution in [0.25, 0.3) is 0 Å². The summed E-state index contributed by atoms with van der Waals surface area (Å²) in [4.78, 5) is 23.4. The maximum atomic E-state index is 11.9. The Morgan fingerprint density at radius 2 is 2.17 bits per heavy atom. The summed E-state index contributed by atoms with van der Waals surface area (Å²) in [6.45, 7) is 7.79. The third-order valence-corrected chi connectivity index (χ3v) is 4.48. The Bertz CT molecular complexity index is 352. The summed E-state index contributed by atoms with van der Waals surface area (Å²) in [7, 11) is 0. The molecule has 0 aromatic rings. The van der Waals surface area contributed by atoms with Crippen molar-refractivity contribution < 1.29 is 19.1 Å². The van der Waals surface area contributed by atoms with Crippen molar-refractivity contribution in [2.45, 2.75) is 52.7 Å². The van der Waals surface area contributed by atoms with Crippen LogP contribution in [0, 0.1) is 23.7 Å². The topological polar surface area (TPSA) is 52.6 Å². The van der Waals surface area contributed by atoms with Gasteiger partial charge < -0.3 is 9.47 Å².